The van der Waals surface area contributed by atoms with Crippen molar-refractivity contribution in [3.8, 4) is 6.07 Å². The van der Waals surface area contributed by atoms with E-state index in [0.29, 0.717) is 31.8 Å². The minimum Gasteiger partial charge on any atom is -0.346 e. The van der Waals surface area contributed by atoms with Crippen molar-refractivity contribution in [3.63, 3.8) is 0 Å². The van der Waals surface area contributed by atoms with Gasteiger partial charge in [-0.1, -0.05) is 29.9 Å². The van der Waals surface area contributed by atoms with Crippen LogP contribution in [0.15, 0.2) is 59.0 Å². The molecule has 0 bridgehead atoms. The lowest BCUT2D eigenvalue weighted by molar-refractivity contribution is -0.120. The first-order chi connectivity index (χ1) is 14.4. The van der Waals surface area contributed by atoms with Gasteiger partial charge in [0.1, 0.15) is 5.82 Å². The fraction of sp³-hybridized carbons (Fsp3) is 0.417. The number of nitriles is 1. The second-order valence-corrected chi connectivity index (χ2v) is 8.79. The highest BCUT2D eigenvalue weighted by atomic mass is 32.2. The molecule has 0 fully saturated rings. The van der Waals surface area contributed by atoms with Crippen molar-refractivity contribution in [2.45, 2.75) is 45.6 Å². The van der Waals surface area contributed by atoms with Crippen molar-refractivity contribution in [2.75, 3.05) is 19.0 Å². The number of amides is 1. The van der Waals surface area contributed by atoms with E-state index in [1.165, 1.54) is 6.07 Å². The van der Waals surface area contributed by atoms with Crippen molar-refractivity contribution < 1.29 is 9.18 Å². The third-order valence-electron chi connectivity index (χ3n) is 4.91. The Morgan fingerprint density at radius 3 is 2.87 bits per heavy atom. The van der Waals surface area contributed by atoms with Crippen LogP contribution in [0.1, 0.15) is 44.6 Å². The highest BCUT2D eigenvalue weighted by Gasteiger charge is 2.20. The van der Waals surface area contributed by atoms with E-state index in [4.69, 9.17) is 5.26 Å². The van der Waals surface area contributed by atoms with Crippen LogP contribution in [0.2, 0.25) is 0 Å². The van der Waals surface area contributed by atoms with Gasteiger partial charge in [0.25, 0.3) is 0 Å². The first kappa shape index (κ1) is 23.9. The minimum absolute atomic E-state index is 0.0379. The number of hydrogen-bond acceptors (Lipinski definition) is 4. The van der Waals surface area contributed by atoms with Gasteiger partial charge in [-0.05, 0) is 49.5 Å². The molecule has 0 aromatic heterocycles. The molecule has 30 heavy (non-hydrogen) atoms. The Morgan fingerprint density at radius 1 is 1.37 bits per heavy atom. The van der Waals surface area contributed by atoms with Crippen LogP contribution in [0, 0.1) is 17.1 Å². The summed E-state index contributed by atoms with van der Waals surface area (Å²) < 4.78 is 13.5. The SMILES string of the molecule is C=C(C)CCC(=C)CC(=O)NCSC1=C(CC#N)CCN(Cc2cccc(F)c2)C1. The summed E-state index contributed by atoms with van der Waals surface area (Å²) in [6, 6.07) is 8.89. The summed E-state index contributed by atoms with van der Waals surface area (Å²) in [6.07, 6.45) is 3.18. The highest BCUT2D eigenvalue weighted by molar-refractivity contribution is 8.03. The molecule has 4 nitrogen and oxygen atoms in total. The van der Waals surface area contributed by atoms with E-state index < -0.39 is 0 Å². The third kappa shape index (κ3) is 8.56. The zero-order chi connectivity index (χ0) is 21.9. The summed E-state index contributed by atoms with van der Waals surface area (Å²) in [5.41, 5.74) is 4.07. The van der Waals surface area contributed by atoms with Crippen LogP contribution >= 0.6 is 11.8 Å². The molecule has 0 saturated carbocycles. The number of carbonyl (C=O) groups excluding carboxylic acids is 1. The Bertz CT molecular complexity index is 856. The van der Waals surface area contributed by atoms with E-state index in [2.05, 4.69) is 29.4 Å². The van der Waals surface area contributed by atoms with E-state index in [0.717, 1.165) is 53.0 Å². The Balaban J connectivity index is 1.86. The van der Waals surface area contributed by atoms with Gasteiger partial charge in [-0.15, -0.1) is 18.3 Å². The molecular formula is C24H30FN3OS. The van der Waals surface area contributed by atoms with Crippen molar-refractivity contribution in [1.82, 2.24) is 10.2 Å². The molecule has 1 aromatic carbocycles. The third-order valence-corrected chi connectivity index (χ3v) is 5.97. The van der Waals surface area contributed by atoms with Gasteiger partial charge in [0, 0.05) is 31.0 Å². The number of thioether (sulfide) groups is 1. The average Bonchev–Trinajstić information content (AvgIpc) is 2.68. The molecular weight excluding hydrogens is 397 g/mol. The summed E-state index contributed by atoms with van der Waals surface area (Å²) >= 11 is 1.57. The Hall–Kier alpha value is -2.36. The lowest BCUT2D eigenvalue weighted by Gasteiger charge is -2.30. The maximum atomic E-state index is 13.5. The minimum atomic E-state index is -0.229. The largest absolute Gasteiger partial charge is 0.346 e. The zero-order valence-electron chi connectivity index (χ0n) is 17.7. The molecule has 0 radical (unpaired) electrons. The normalized spacial score (nSPS) is 14.3. The highest BCUT2D eigenvalue weighted by Crippen LogP contribution is 2.29. The number of nitrogens with one attached hydrogen (secondary N) is 1. The molecule has 160 valence electrons. The number of hydrogen-bond donors (Lipinski definition) is 1. The quantitative estimate of drug-likeness (QED) is 0.384. The molecule has 0 aliphatic carbocycles. The van der Waals surface area contributed by atoms with E-state index in [-0.39, 0.29) is 11.7 Å². The lowest BCUT2D eigenvalue weighted by Crippen LogP contribution is -2.31. The van der Waals surface area contributed by atoms with E-state index in [1.54, 1.807) is 23.9 Å². The second-order valence-electron chi connectivity index (χ2n) is 7.72. The van der Waals surface area contributed by atoms with Gasteiger partial charge in [-0.25, -0.2) is 4.39 Å². The molecule has 0 atom stereocenters. The van der Waals surface area contributed by atoms with Crippen molar-refractivity contribution >= 4 is 17.7 Å². The van der Waals surface area contributed by atoms with E-state index in [9.17, 15) is 9.18 Å². The molecule has 0 saturated heterocycles. The molecule has 6 heteroatoms. The van der Waals surface area contributed by atoms with Gasteiger partial charge in [-0.2, -0.15) is 5.26 Å². The Kier molecular flexibility index (Phi) is 9.85. The molecule has 1 aliphatic heterocycles. The maximum Gasteiger partial charge on any atom is 0.224 e. The standard InChI is InChI=1S/C24H30FN3OS/c1-18(2)7-8-19(3)13-24(29)27-17-30-23-16-28(12-10-21(23)9-11-26)15-20-5-4-6-22(25)14-20/h4-6,14H,1,3,7-10,12-13,15-17H2,2H3,(H,27,29). The van der Waals surface area contributed by atoms with E-state index >= 15 is 0 Å². The summed E-state index contributed by atoms with van der Waals surface area (Å²) in [7, 11) is 0. The van der Waals surface area contributed by atoms with Crippen LogP contribution in [0.5, 0.6) is 0 Å². The summed E-state index contributed by atoms with van der Waals surface area (Å²) in [4.78, 5) is 15.5. The molecule has 1 amide bonds. The van der Waals surface area contributed by atoms with Crippen LogP contribution in [0.3, 0.4) is 0 Å². The zero-order valence-corrected chi connectivity index (χ0v) is 18.5. The van der Waals surface area contributed by atoms with Gasteiger partial charge in [0.05, 0.1) is 18.4 Å². The summed E-state index contributed by atoms with van der Waals surface area (Å²) in [6.45, 7) is 12.0. The molecule has 0 unspecified atom stereocenters. The number of rotatable bonds is 11. The van der Waals surface area contributed by atoms with Crippen molar-refractivity contribution in [1.29, 1.82) is 5.26 Å². The van der Waals surface area contributed by atoms with Crippen LogP contribution in [-0.2, 0) is 11.3 Å². The van der Waals surface area contributed by atoms with Gasteiger partial charge in [0.2, 0.25) is 5.91 Å². The summed E-state index contributed by atoms with van der Waals surface area (Å²) in [5, 5.41) is 12.1. The molecule has 1 N–H and O–H groups in total. The first-order valence-electron chi connectivity index (χ1n) is 10.1. The molecule has 1 heterocycles. The number of carbonyl (C=O) groups is 1. The number of allylic oxidation sites excluding steroid dienone is 1. The summed E-state index contributed by atoms with van der Waals surface area (Å²) in [5.74, 6) is 0.196. The van der Waals surface area contributed by atoms with Crippen LogP contribution in [-0.4, -0.2) is 29.8 Å². The lowest BCUT2D eigenvalue weighted by atomic mass is 10.0. The van der Waals surface area contributed by atoms with Crippen molar-refractivity contribution in [2.24, 2.45) is 0 Å². The molecule has 0 spiro atoms. The predicted molar refractivity (Wildman–Crippen MR) is 122 cm³/mol. The van der Waals surface area contributed by atoms with Crippen molar-refractivity contribution in [3.05, 3.63) is 70.4 Å². The molecule has 1 aromatic rings. The first-order valence-corrected chi connectivity index (χ1v) is 11.1. The van der Waals surface area contributed by atoms with Crippen LogP contribution < -0.4 is 5.32 Å². The van der Waals surface area contributed by atoms with Gasteiger partial charge >= 0.3 is 0 Å². The number of benzene rings is 1. The average molecular weight is 428 g/mol. The van der Waals surface area contributed by atoms with Gasteiger partial charge < -0.3 is 5.32 Å². The predicted octanol–water partition coefficient (Wildman–Crippen LogP) is 5.31. The van der Waals surface area contributed by atoms with Crippen LogP contribution in [0.4, 0.5) is 4.39 Å². The number of halogens is 1. The molecule has 1 aliphatic rings. The Morgan fingerprint density at radius 2 is 2.17 bits per heavy atom. The topological polar surface area (TPSA) is 56.1 Å². The second kappa shape index (κ2) is 12.4. The Labute approximate surface area is 183 Å². The smallest absolute Gasteiger partial charge is 0.224 e. The van der Waals surface area contributed by atoms with Gasteiger partial charge in [0.15, 0.2) is 0 Å². The number of nitrogens with zero attached hydrogens (tertiary/aromatic N) is 2. The maximum absolute atomic E-state index is 13.5. The fourth-order valence-electron chi connectivity index (χ4n) is 3.26. The van der Waals surface area contributed by atoms with Gasteiger partial charge in [-0.3, -0.25) is 9.69 Å². The van der Waals surface area contributed by atoms with E-state index in [1.807, 2.05) is 13.0 Å². The van der Waals surface area contributed by atoms with Crippen LogP contribution in [0.25, 0.3) is 0 Å². The molecule has 2 rings (SSSR count). The fourth-order valence-corrected chi connectivity index (χ4v) is 4.32. The monoisotopic (exact) mass is 427 g/mol.